The van der Waals surface area contributed by atoms with Crippen molar-refractivity contribution in [3.05, 3.63) is 0 Å². The highest BCUT2D eigenvalue weighted by atomic mass is 127. The summed E-state index contributed by atoms with van der Waals surface area (Å²) in [5.41, 5.74) is 0. The number of rotatable bonds is 9. The molecule has 0 bridgehead atoms. The molecule has 12 heteroatoms. The van der Waals surface area contributed by atoms with Crippen LogP contribution >= 0.6 is 48.0 Å². The maximum absolute atomic E-state index is 12.3. The van der Waals surface area contributed by atoms with Gasteiger partial charge in [-0.1, -0.05) is 0 Å². The Morgan fingerprint density at radius 1 is 0.607 bits per heavy atom. The van der Waals surface area contributed by atoms with Crippen molar-refractivity contribution in [2.24, 2.45) is 0 Å². The Labute approximate surface area is 204 Å². The van der Waals surface area contributed by atoms with Gasteiger partial charge in [0, 0.05) is 0 Å². The van der Waals surface area contributed by atoms with E-state index in [1.165, 1.54) is 0 Å². The van der Waals surface area contributed by atoms with Crippen LogP contribution in [0.1, 0.15) is 0 Å². The van der Waals surface area contributed by atoms with E-state index in [0.29, 0.717) is 48.5 Å². The Morgan fingerprint density at radius 3 is 1.18 bits per heavy atom. The van der Waals surface area contributed by atoms with Crippen molar-refractivity contribution in [2.45, 2.75) is 0 Å². The second kappa shape index (κ2) is 12.3. The minimum atomic E-state index is -3.37. The quantitative estimate of drug-likeness (QED) is 0.254. The van der Waals surface area contributed by atoms with Gasteiger partial charge in [-0.15, -0.1) is 48.0 Å². The highest BCUT2D eigenvalue weighted by Gasteiger charge is 2.30. The Hall–Kier alpha value is 1.20. The average molecular weight is 670 g/mol. The molecule has 2 fully saturated rings. The summed E-state index contributed by atoms with van der Waals surface area (Å²) in [7, 11) is -2.68. The fourth-order valence-electron chi connectivity index (χ4n) is 3.19. The van der Waals surface area contributed by atoms with Crippen molar-refractivity contribution in [3.8, 4) is 0 Å². The molecule has 0 aromatic rings. The predicted molar refractivity (Wildman–Crippen MR) is 131 cm³/mol. The molecule has 0 radical (unpaired) electrons. The molecule has 2 heterocycles. The van der Waals surface area contributed by atoms with Crippen LogP contribution in [0.4, 0.5) is 0 Å². The minimum Gasteiger partial charge on any atom is -0.370 e. The van der Waals surface area contributed by atoms with Gasteiger partial charge in [-0.05, 0) is 0 Å². The summed E-state index contributed by atoms with van der Waals surface area (Å²) in [4.78, 5) is 0. The van der Waals surface area contributed by atoms with E-state index in [0.717, 1.165) is 26.2 Å². The number of sulfone groups is 2. The van der Waals surface area contributed by atoms with Gasteiger partial charge in [0.2, 0.25) is 0 Å². The molecule has 0 N–H and O–H groups in total. The summed E-state index contributed by atoms with van der Waals surface area (Å²) in [6.07, 6.45) is 0. The van der Waals surface area contributed by atoms with Crippen LogP contribution in [0.25, 0.3) is 0 Å². The largest absolute Gasteiger partial charge is 0.370 e. The minimum absolute atomic E-state index is 0. The zero-order valence-electron chi connectivity index (χ0n) is 16.9. The van der Waals surface area contributed by atoms with Crippen LogP contribution in [0.15, 0.2) is 0 Å². The van der Waals surface area contributed by atoms with E-state index >= 15 is 0 Å². The molecule has 8 nitrogen and oxygen atoms in total. The highest BCUT2D eigenvalue weighted by molar-refractivity contribution is 14.0. The summed E-state index contributed by atoms with van der Waals surface area (Å²) < 4.78 is 61.2. The first-order valence-corrected chi connectivity index (χ1v) is 12.9. The number of ether oxygens (including phenoxy) is 2. The first-order chi connectivity index (χ1) is 12.0. The van der Waals surface area contributed by atoms with E-state index < -0.39 is 19.7 Å². The van der Waals surface area contributed by atoms with Gasteiger partial charge in [0.1, 0.15) is 26.2 Å². The van der Waals surface area contributed by atoms with Crippen LogP contribution in [0.5, 0.6) is 0 Å². The zero-order chi connectivity index (χ0) is 19.3. The number of halogens is 2. The van der Waals surface area contributed by atoms with Gasteiger partial charge in [0.15, 0.2) is 19.7 Å². The molecule has 0 aromatic carbocycles. The van der Waals surface area contributed by atoms with Crippen LogP contribution in [-0.4, -0.2) is 129 Å². The van der Waals surface area contributed by atoms with Gasteiger partial charge >= 0.3 is 0 Å². The van der Waals surface area contributed by atoms with Crippen molar-refractivity contribution in [1.82, 2.24) is 0 Å². The smallest absolute Gasteiger partial charge is 0.156 e. The van der Waals surface area contributed by atoms with Crippen LogP contribution in [0.3, 0.4) is 0 Å². The lowest BCUT2D eigenvalue weighted by atomic mass is 10.3. The molecule has 28 heavy (non-hydrogen) atoms. The summed E-state index contributed by atoms with van der Waals surface area (Å²) >= 11 is 0. The zero-order valence-corrected chi connectivity index (χ0v) is 23.2. The number of likely N-dealkylation sites (N-methyl/N-ethyl adjacent to an activating group) is 2. The number of hydrogen-bond acceptors (Lipinski definition) is 6. The lowest BCUT2D eigenvalue weighted by Crippen LogP contribution is -2.54. The predicted octanol–water partition coefficient (Wildman–Crippen LogP) is 0.00560. The van der Waals surface area contributed by atoms with Gasteiger partial charge in [0.25, 0.3) is 0 Å². The van der Waals surface area contributed by atoms with Gasteiger partial charge in [-0.3, -0.25) is 0 Å². The molecule has 2 saturated heterocycles. The van der Waals surface area contributed by atoms with E-state index in [1.807, 2.05) is 14.1 Å². The topological polar surface area (TPSA) is 86.7 Å². The summed E-state index contributed by atoms with van der Waals surface area (Å²) in [5, 5.41) is 0. The van der Waals surface area contributed by atoms with E-state index in [4.69, 9.17) is 9.47 Å². The molecule has 0 spiro atoms. The number of nitrogens with zero attached hydrogens (tertiary/aromatic N) is 2. The average Bonchev–Trinajstić information content (AvgIpc) is 2.59. The lowest BCUT2D eigenvalue weighted by molar-refractivity contribution is -0.914. The normalized spacial score (nSPS) is 21.9. The fraction of sp³-hybridized carbons (Fsp3) is 1.00. The second-order valence-electron chi connectivity index (χ2n) is 8.11. The molecule has 2 aliphatic rings. The fourth-order valence-corrected chi connectivity index (χ4v) is 7.07. The van der Waals surface area contributed by atoms with E-state index in [-0.39, 0.29) is 71.0 Å². The summed E-state index contributed by atoms with van der Waals surface area (Å²) in [6.45, 7) is 6.81. The second-order valence-corrected chi connectivity index (χ2v) is 12.7. The molecule has 0 atom stereocenters. The van der Waals surface area contributed by atoms with Crippen LogP contribution in [0, 0.1) is 0 Å². The van der Waals surface area contributed by atoms with E-state index in [9.17, 15) is 16.8 Å². The highest BCUT2D eigenvalue weighted by Crippen LogP contribution is 2.10. The number of quaternary nitrogens is 2. The monoisotopic (exact) mass is 670 g/mol. The van der Waals surface area contributed by atoms with Crippen molar-refractivity contribution >= 4 is 67.6 Å². The van der Waals surface area contributed by atoms with Gasteiger partial charge in [-0.2, -0.15) is 0 Å². The number of hydrogen-bond donors (Lipinski definition) is 0. The van der Waals surface area contributed by atoms with Gasteiger partial charge in [-0.25, -0.2) is 16.8 Å². The molecule has 0 aromatic heterocycles. The summed E-state index contributed by atoms with van der Waals surface area (Å²) in [6, 6.07) is 0. The van der Waals surface area contributed by atoms with Crippen molar-refractivity contribution < 1.29 is 35.3 Å². The maximum atomic E-state index is 12.3. The molecular weight excluding hydrogens is 634 g/mol. The molecule has 0 saturated carbocycles. The van der Waals surface area contributed by atoms with Crippen molar-refractivity contribution in [2.75, 3.05) is 103 Å². The van der Waals surface area contributed by atoms with Crippen molar-refractivity contribution in [1.29, 1.82) is 0 Å². The van der Waals surface area contributed by atoms with Gasteiger partial charge in [0.05, 0.1) is 76.6 Å². The third kappa shape index (κ3) is 10.5. The molecule has 0 amide bonds. The van der Waals surface area contributed by atoms with Crippen molar-refractivity contribution in [3.63, 3.8) is 0 Å². The third-order valence-corrected chi connectivity index (χ3v) is 9.21. The Kier molecular flexibility index (Phi) is 12.8. The summed E-state index contributed by atoms with van der Waals surface area (Å²) in [5.74, 6) is -0.494. The van der Waals surface area contributed by atoms with E-state index in [2.05, 4.69) is 0 Å². The first kappa shape index (κ1) is 29.2. The molecular formula is C16H36I2N2O6S2+2. The maximum Gasteiger partial charge on any atom is 0.156 e. The van der Waals surface area contributed by atoms with Crippen LogP contribution in [0.2, 0.25) is 0 Å². The molecule has 0 unspecified atom stereocenters. The molecule has 2 rings (SSSR count). The third-order valence-electron chi connectivity index (χ3n) is 5.69. The van der Waals surface area contributed by atoms with E-state index in [1.54, 1.807) is 0 Å². The van der Waals surface area contributed by atoms with Gasteiger partial charge < -0.3 is 18.4 Å². The SMILES string of the molecule is C[N+]1(CCS(=O)(=O)CCS(=O)(=O)CC[N+]2(C)CCOCC2)CCOCC1.I.I. The standard InChI is InChI=1S/C16H34N2O6S2.2HI/c1-17(3-9-23-10-4-17)7-13-25(19,20)15-16-26(21,22)14-8-18(2)5-11-24-12-6-18;;/h3-16H2,1-2H3;2*1H/q+2;;. The van der Waals surface area contributed by atoms with Crippen LogP contribution in [-0.2, 0) is 29.1 Å². The van der Waals surface area contributed by atoms with Crippen LogP contribution < -0.4 is 0 Å². The Bertz CT molecular complexity index is 603. The number of morpholine rings is 2. The molecule has 2 aliphatic heterocycles. The Balaban J connectivity index is 0.00000364. The Morgan fingerprint density at radius 2 is 0.893 bits per heavy atom. The molecule has 170 valence electrons. The first-order valence-electron chi connectivity index (χ1n) is 9.27. The molecule has 0 aliphatic carbocycles. The lowest BCUT2D eigenvalue weighted by Gasteiger charge is -2.37.